The van der Waals surface area contributed by atoms with Gasteiger partial charge < -0.3 is 10.8 Å². The van der Waals surface area contributed by atoms with Crippen molar-refractivity contribution in [2.24, 2.45) is 5.73 Å². The Morgan fingerprint density at radius 2 is 2.15 bits per heavy atom. The van der Waals surface area contributed by atoms with Gasteiger partial charge in [-0.05, 0) is 25.5 Å². The van der Waals surface area contributed by atoms with Gasteiger partial charge in [0.2, 0.25) is 0 Å². The Hall–Kier alpha value is -0.930. The van der Waals surface area contributed by atoms with Crippen LogP contribution < -0.4 is 5.73 Å². The third kappa shape index (κ3) is 1.87. The Morgan fingerprint density at radius 1 is 1.54 bits per heavy atom. The Kier molecular flexibility index (Phi) is 2.68. The molecule has 0 fully saturated rings. The highest BCUT2D eigenvalue weighted by Gasteiger charge is 2.25. The van der Waals surface area contributed by atoms with E-state index in [1.54, 1.807) is 26.0 Å². The van der Waals surface area contributed by atoms with Crippen molar-refractivity contribution < 1.29 is 9.50 Å². The van der Waals surface area contributed by atoms with E-state index in [4.69, 9.17) is 10.8 Å². The topological polar surface area (TPSA) is 46.2 Å². The summed E-state index contributed by atoms with van der Waals surface area (Å²) < 4.78 is 13.3. The molecule has 1 aromatic carbocycles. The van der Waals surface area contributed by atoms with E-state index in [1.165, 1.54) is 6.07 Å². The number of hydrogen-bond acceptors (Lipinski definition) is 2. The van der Waals surface area contributed by atoms with Crippen molar-refractivity contribution in [3.8, 4) is 0 Å². The zero-order valence-electron chi connectivity index (χ0n) is 7.84. The summed E-state index contributed by atoms with van der Waals surface area (Å²) in [6.07, 6.45) is 0. The van der Waals surface area contributed by atoms with Gasteiger partial charge in [-0.1, -0.05) is 12.1 Å². The molecule has 0 bridgehead atoms. The fourth-order valence-electron chi connectivity index (χ4n) is 1.43. The summed E-state index contributed by atoms with van der Waals surface area (Å²) in [7, 11) is 0. The number of nitrogens with two attached hydrogens (primary N) is 1. The molecule has 1 aromatic rings. The van der Waals surface area contributed by atoms with Crippen LogP contribution in [0, 0.1) is 12.7 Å². The van der Waals surface area contributed by atoms with E-state index in [0.717, 1.165) is 5.56 Å². The van der Waals surface area contributed by atoms with Crippen LogP contribution in [0.2, 0.25) is 0 Å². The van der Waals surface area contributed by atoms with Gasteiger partial charge in [0, 0.05) is 5.56 Å². The molecule has 0 saturated heterocycles. The van der Waals surface area contributed by atoms with Gasteiger partial charge in [0.1, 0.15) is 5.82 Å². The summed E-state index contributed by atoms with van der Waals surface area (Å²) in [5.41, 5.74) is 5.89. The number of aliphatic hydroxyl groups is 1. The second-order valence-corrected chi connectivity index (χ2v) is 3.51. The number of aryl methyl sites for hydroxylation is 1. The molecule has 1 unspecified atom stereocenters. The van der Waals surface area contributed by atoms with E-state index in [-0.39, 0.29) is 12.4 Å². The van der Waals surface area contributed by atoms with Crippen molar-refractivity contribution in [2.45, 2.75) is 19.4 Å². The second-order valence-electron chi connectivity index (χ2n) is 3.51. The molecule has 0 radical (unpaired) electrons. The maximum atomic E-state index is 13.3. The quantitative estimate of drug-likeness (QED) is 0.726. The second kappa shape index (κ2) is 3.44. The molecule has 2 nitrogen and oxygen atoms in total. The largest absolute Gasteiger partial charge is 0.394 e. The lowest BCUT2D eigenvalue weighted by molar-refractivity contribution is 0.206. The summed E-state index contributed by atoms with van der Waals surface area (Å²) in [5.74, 6) is -0.362. The Balaban J connectivity index is 3.28. The minimum absolute atomic E-state index is 0.269. The standard InChI is InChI=1S/C10H14FNO/c1-7-4-3-5-8(11)9(7)10(2,12)6-13/h3-5,13H,6,12H2,1-2H3. The van der Waals surface area contributed by atoms with Gasteiger partial charge in [-0.15, -0.1) is 0 Å². The summed E-state index contributed by atoms with van der Waals surface area (Å²) in [5, 5.41) is 9.00. The van der Waals surface area contributed by atoms with Crippen LogP contribution in [0.15, 0.2) is 18.2 Å². The van der Waals surface area contributed by atoms with Crippen LogP contribution >= 0.6 is 0 Å². The Bertz CT molecular complexity index is 290. The molecule has 3 heteroatoms. The van der Waals surface area contributed by atoms with Gasteiger partial charge in [-0.25, -0.2) is 4.39 Å². The van der Waals surface area contributed by atoms with E-state index in [1.807, 2.05) is 0 Å². The maximum absolute atomic E-state index is 13.3. The first-order chi connectivity index (χ1) is 5.99. The van der Waals surface area contributed by atoms with Gasteiger partial charge in [-0.2, -0.15) is 0 Å². The fourth-order valence-corrected chi connectivity index (χ4v) is 1.43. The van der Waals surface area contributed by atoms with E-state index in [2.05, 4.69) is 0 Å². The molecule has 0 aliphatic heterocycles. The zero-order valence-corrected chi connectivity index (χ0v) is 7.84. The van der Waals surface area contributed by atoms with Crippen molar-refractivity contribution in [3.05, 3.63) is 35.1 Å². The van der Waals surface area contributed by atoms with Gasteiger partial charge in [0.25, 0.3) is 0 Å². The number of hydrogen-bond donors (Lipinski definition) is 2. The minimum atomic E-state index is -1.00. The molecule has 0 aromatic heterocycles. The lowest BCUT2D eigenvalue weighted by atomic mass is 9.90. The number of halogens is 1. The SMILES string of the molecule is Cc1cccc(F)c1C(C)(N)CO. The van der Waals surface area contributed by atoms with Crippen LogP contribution in [0.4, 0.5) is 4.39 Å². The predicted molar refractivity (Wildman–Crippen MR) is 49.8 cm³/mol. The Labute approximate surface area is 77.2 Å². The summed E-state index contributed by atoms with van der Waals surface area (Å²) >= 11 is 0. The molecule has 13 heavy (non-hydrogen) atoms. The van der Waals surface area contributed by atoms with Crippen LogP contribution in [-0.4, -0.2) is 11.7 Å². The van der Waals surface area contributed by atoms with Gasteiger partial charge in [-0.3, -0.25) is 0 Å². The monoisotopic (exact) mass is 183 g/mol. The van der Waals surface area contributed by atoms with Crippen molar-refractivity contribution in [1.29, 1.82) is 0 Å². The van der Waals surface area contributed by atoms with Gasteiger partial charge in [0.15, 0.2) is 0 Å². The molecule has 3 N–H and O–H groups in total. The molecular weight excluding hydrogens is 169 g/mol. The van der Waals surface area contributed by atoms with E-state index in [0.29, 0.717) is 5.56 Å². The number of rotatable bonds is 2. The summed E-state index contributed by atoms with van der Waals surface area (Å²) in [4.78, 5) is 0. The van der Waals surface area contributed by atoms with Crippen LogP contribution in [0.3, 0.4) is 0 Å². The molecule has 0 aliphatic rings. The first kappa shape index (κ1) is 10.2. The first-order valence-corrected chi connectivity index (χ1v) is 4.14. The Morgan fingerprint density at radius 3 is 2.62 bits per heavy atom. The molecular formula is C10H14FNO. The van der Waals surface area contributed by atoms with Crippen molar-refractivity contribution in [1.82, 2.24) is 0 Å². The summed E-state index contributed by atoms with van der Waals surface area (Å²) in [6.45, 7) is 3.12. The van der Waals surface area contributed by atoms with Crippen LogP contribution in [0.1, 0.15) is 18.1 Å². The molecule has 1 rings (SSSR count). The third-order valence-corrected chi connectivity index (χ3v) is 2.12. The first-order valence-electron chi connectivity index (χ1n) is 4.14. The van der Waals surface area contributed by atoms with Gasteiger partial charge in [0.05, 0.1) is 12.1 Å². The van der Waals surface area contributed by atoms with Crippen molar-refractivity contribution in [2.75, 3.05) is 6.61 Å². The molecule has 0 saturated carbocycles. The third-order valence-electron chi connectivity index (χ3n) is 2.12. The fraction of sp³-hybridized carbons (Fsp3) is 0.400. The molecule has 0 amide bonds. The molecule has 72 valence electrons. The smallest absolute Gasteiger partial charge is 0.128 e. The van der Waals surface area contributed by atoms with Crippen molar-refractivity contribution >= 4 is 0 Å². The molecule has 0 aliphatic carbocycles. The van der Waals surface area contributed by atoms with E-state index >= 15 is 0 Å². The highest BCUT2D eigenvalue weighted by Crippen LogP contribution is 2.23. The van der Waals surface area contributed by atoms with Crippen molar-refractivity contribution in [3.63, 3.8) is 0 Å². The summed E-state index contributed by atoms with van der Waals surface area (Å²) in [6, 6.07) is 4.75. The lowest BCUT2D eigenvalue weighted by Gasteiger charge is -2.24. The van der Waals surface area contributed by atoms with Gasteiger partial charge >= 0.3 is 0 Å². The minimum Gasteiger partial charge on any atom is -0.394 e. The lowest BCUT2D eigenvalue weighted by Crippen LogP contribution is -2.38. The number of benzene rings is 1. The maximum Gasteiger partial charge on any atom is 0.128 e. The highest BCUT2D eigenvalue weighted by atomic mass is 19.1. The van der Waals surface area contributed by atoms with E-state index in [9.17, 15) is 4.39 Å². The highest BCUT2D eigenvalue weighted by molar-refractivity contribution is 5.33. The normalized spacial score (nSPS) is 15.5. The average Bonchev–Trinajstić information content (AvgIpc) is 2.03. The van der Waals surface area contributed by atoms with Crippen LogP contribution in [0.25, 0.3) is 0 Å². The average molecular weight is 183 g/mol. The van der Waals surface area contributed by atoms with Crippen LogP contribution in [0.5, 0.6) is 0 Å². The molecule has 0 heterocycles. The van der Waals surface area contributed by atoms with Crippen LogP contribution in [-0.2, 0) is 5.54 Å². The zero-order chi connectivity index (χ0) is 10.1. The molecule has 0 spiro atoms. The molecule has 1 atom stereocenters. The predicted octanol–water partition coefficient (Wildman–Crippen LogP) is 1.30. The van der Waals surface area contributed by atoms with E-state index < -0.39 is 5.54 Å². The number of aliphatic hydroxyl groups excluding tert-OH is 1.